The molecule has 4 heteroatoms. The Morgan fingerprint density at radius 1 is 1.26 bits per heavy atom. The molecule has 0 bridgehead atoms. The zero-order chi connectivity index (χ0) is 13.3. The lowest BCUT2D eigenvalue weighted by atomic mass is 10.2. The van der Waals surface area contributed by atoms with Crippen LogP contribution in [0.1, 0.15) is 37.6 Å². The lowest BCUT2D eigenvalue weighted by molar-refractivity contribution is 0.579. The van der Waals surface area contributed by atoms with Crippen molar-refractivity contribution in [2.75, 3.05) is 13.1 Å². The van der Waals surface area contributed by atoms with Crippen LogP contribution in [0.3, 0.4) is 0 Å². The van der Waals surface area contributed by atoms with Gasteiger partial charge >= 0.3 is 0 Å². The van der Waals surface area contributed by atoms with Crippen LogP contribution in [-0.4, -0.2) is 18.1 Å². The van der Waals surface area contributed by atoms with Crippen LogP contribution < -0.4 is 5.32 Å². The van der Waals surface area contributed by atoms with Crippen molar-refractivity contribution in [3.8, 4) is 11.5 Å². The van der Waals surface area contributed by atoms with Crippen molar-refractivity contribution in [2.45, 2.75) is 39.0 Å². The minimum absolute atomic E-state index is 0.857. The number of rotatable bonds is 9. The second-order valence-corrected chi connectivity index (χ2v) is 5.61. The van der Waals surface area contributed by atoms with Gasteiger partial charge in [0.05, 0.1) is 11.3 Å². The van der Waals surface area contributed by atoms with Crippen LogP contribution in [0.2, 0.25) is 0 Å². The first-order valence-electron chi connectivity index (χ1n) is 7.09. The van der Waals surface area contributed by atoms with Gasteiger partial charge in [0.25, 0.3) is 0 Å². The summed E-state index contributed by atoms with van der Waals surface area (Å²) < 4.78 is 5.34. The predicted molar refractivity (Wildman–Crippen MR) is 80.5 cm³/mol. The average molecular weight is 278 g/mol. The van der Waals surface area contributed by atoms with Gasteiger partial charge in [-0.05, 0) is 25.1 Å². The number of aromatic nitrogens is 1. The number of hydrogen-bond acceptors (Lipinski definition) is 4. The second kappa shape index (κ2) is 8.12. The van der Waals surface area contributed by atoms with Gasteiger partial charge in [-0.25, -0.2) is 4.98 Å². The Morgan fingerprint density at radius 3 is 3.00 bits per heavy atom. The Morgan fingerprint density at radius 2 is 2.21 bits per heavy atom. The van der Waals surface area contributed by atoms with E-state index < -0.39 is 0 Å². The fraction of sp³-hybridized carbons (Fsp3) is 0.533. The topological polar surface area (TPSA) is 38.1 Å². The molecule has 2 heterocycles. The van der Waals surface area contributed by atoms with Crippen LogP contribution in [0.4, 0.5) is 0 Å². The molecule has 3 nitrogen and oxygen atoms in total. The highest BCUT2D eigenvalue weighted by molar-refractivity contribution is 7.09. The number of hydrogen-bond donors (Lipinski definition) is 1. The molecule has 1 N–H and O–H groups in total. The van der Waals surface area contributed by atoms with Crippen LogP contribution >= 0.6 is 11.3 Å². The van der Waals surface area contributed by atoms with Crippen molar-refractivity contribution in [3.63, 3.8) is 0 Å². The average Bonchev–Trinajstić information content (AvgIpc) is 3.08. The third kappa shape index (κ3) is 4.80. The molecule has 0 amide bonds. The third-order valence-corrected chi connectivity index (χ3v) is 3.96. The van der Waals surface area contributed by atoms with E-state index in [1.54, 1.807) is 17.6 Å². The van der Waals surface area contributed by atoms with Crippen molar-refractivity contribution in [1.82, 2.24) is 10.3 Å². The van der Waals surface area contributed by atoms with Crippen molar-refractivity contribution in [3.05, 3.63) is 28.8 Å². The Labute approximate surface area is 119 Å². The van der Waals surface area contributed by atoms with E-state index in [0.29, 0.717) is 0 Å². The van der Waals surface area contributed by atoms with Crippen LogP contribution in [0, 0.1) is 0 Å². The smallest absolute Gasteiger partial charge is 0.153 e. The first kappa shape index (κ1) is 14.3. The van der Waals surface area contributed by atoms with Gasteiger partial charge in [-0.1, -0.05) is 26.2 Å². The summed E-state index contributed by atoms with van der Waals surface area (Å²) in [5, 5.41) is 6.72. The number of nitrogens with one attached hydrogen (secondary N) is 1. The molecule has 2 aromatic heterocycles. The SMILES string of the molecule is CCCCCCNCCc1nc(-c2ccco2)cs1. The van der Waals surface area contributed by atoms with Crippen molar-refractivity contribution in [2.24, 2.45) is 0 Å². The maximum Gasteiger partial charge on any atom is 0.153 e. The largest absolute Gasteiger partial charge is 0.463 e. The molecule has 0 fully saturated rings. The summed E-state index contributed by atoms with van der Waals surface area (Å²) in [5.74, 6) is 0.857. The van der Waals surface area contributed by atoms with Gasteiger partial charge in [-0.3, -0.25) is 0 Å². The summed E-state index contributed by atoms with van der Waals surface area (Å²) in [7, 11) is 0. The lowest BCUT2D eigenvalue weighted by Crippen LogP contribution is -2.18. The normalized spacial score (nSPS) is 11.0. The lowest BCUT2D eigenvalue weighted by Gasteiger charge is -2.02. The fourth-order valence-electron chi connectivity index (χ4n) is 1.96. The number of thiazole rings is 1. The highest BCUT2D eigenvalue weighted by atomic mass is 32.1. The zero-order valence-corrected chi connectivity index (χ0v) is 12.3. The quantitative estimate of drug-likeness (QED) is 0.701. The Bertz CT molecular complexity index is 450. The Hall–Kier alpha value is -1.13. The second-order valence-electron chi connectivity index (χ2n) is 4.66. The molecule has 0 radical (unpaired) electrons. The van der Waals surface area contributed by atoms with Gasteiger partial charge in [-0.15, -0.1) is 11.3 Å². The van der Waals surface area contributed by atoms with E-state index in [2.05, 4.69) is 22.6 Å². The van der Waals surface area contributed by atoms with Gasteiger partial charge in [0.2, 0.25) is 0 Å². The van der Waals surface area contributed by atoms with Gasteiger partial charge < -0.3 is 9.73 Å². The highest BCUT2D eigenvalue weighted by Crippen LogP contribution is 2.22. The Balaban J connectivity index is 1.64. The van der Waals surface area contributed by atoms with E-state index in [9.17, 15) is 0 Å². The van der Waals surface area contributed by atoms with Gasteiger partial charge in [0, 0.05) is 18.3 Å². The predicted octanol–water partition coefficient (Wildman–Crippen LogP) is 4.12. The molecule has 0 aromatic carbocycles. The minimum Gasteiger partial charge on any atom is -0.463 e. The molecule has 0 saturated carbocycles. The maximum atomic E-state index is 5.34. The highest BCUT2D eigenvalue weighted by Gasteiger charge is 2.06. The minimum atomic E-state index is 0.857. The van der Waals surface area contributed by atoms with E-state index in [1.807, 2.05) is 12.1 Å². The van der Waals surface area contributed by atoms with Gasteiger partial charge in [-0.2, -0.15) is 0 Å². The van der Waals surface area contributed by atoms with Gasteiger partial charge in [0.1, 0.15) is 5.69 Å². The van der Waals surface area contributed by atoms with Crippen molar-refractivity contribution < 1.29 is 4.42 Å². The molecule has 0 saturated heterocycles. The molecule has 0 aliphatic rings. The first-order valence-corrected chi connectivity index (χ1v) is 7.97. The molecule has 0 unspecified atom stereocenters. The van der Waals surface area contributed by atoms with Crippen molar-refractivity contribution in [1.29, 1.82) is 0 Å². The van der Waals surface area contributed by atoms with E-state index in [1.165, 1.54) is 30.7 Å². The molecule has 2 rings (SSSR count). The monoisotopic (exact) mass is 278 g/mol. The number of nitrogens with zero attached hydrogens (tertiary/aromatic N) is 1. The molecule has 104 valence electrons. The molecule has 0 atom stereocenters. The number of furan rings is 1. The van der Waals surface area contributed by atoms with Crippen LogP contribution in [0.25, 0.3) is 11.5 Å². The van der Waals surface area contributed by atoms with Gasteiger partial charge in [0.15, 0.2) is 5.76 Å². The molecule has 19 heavy (non-hydrogen) atoms. The summed E-state index contributed by atoms with van der Waals surface area (Å²) in [5.41, 5.74) is 0.952. The summed E-state index contributed by atoms with van der Waals surface area (Å²) in [6, 6.07) is 3.84. The van der Waals surface area contributed by atoms with E-state index in [-0.39, 0.29) is 0 Å². The summed E-state index contributed by atoms with van der Waals surface area (Å²) in [6.07, 6.45) is 7.95. The van der Waals surface area contributed by atoms with Crippen LogP contribution in [0.15, 0.2) is 28.2 Å². The third-order valence-electron chi connectivity index (χ3n) is 3.05. The summed E-state index contributed by atoms with van der Waals surface area (Å²) in [4.78, 5) is 4.58. The van der Waals surface area contributed by atoms with E-state index in [4.69, 9.17) is 4.42 Å². The zero-order valence-electron chi connectivity index (χ0n) is 11.5. The van der Waals surface area contributed by atoms with Crippen LogP contribution in [0.5, 0.6) is 0 Å². The van der Waals surface area contributed by atoms with E-state index >= 15 is 0 Å². The summed E-state index contributed by atoms with van der Waals surface area (Å²) in [6.45, 7) is 4.38. The summed E-state index contributed by atoms with van der Waals surface area (Å²) >= 11 is 1.71. The molecule has 2 aromatic rings. The number of unbranched alkanes of at least 4 members (excludes halogenated alkanes) is 3. The molecule has 0 aliphatic heterocycles. The fourth-order valence-corrected chi connectivity index (χ4v) is 2.75. The Kier molecular flexibility index (Phi) is 6.11. The first-order chi connectivity index (χ1) is 9.40. The molecule has 0 aliphatic carbocycles. The van der Waals surface area contributed by atoms with Crippen molar-refractivity contribution >= 4 is 11.3 Å². The van der Waals surface area contributed by atoms with E-state index in [0.717, 1.165) is 31.0 Å². The molecular weight excluding hydrogens is 256 g/mol. The standard InChI is InChI=1S/C15H22N2OS/c1-2-3-4-5-9-16-10-8-15-17-13(12-19-15)14-7-6-11-18-14/h6-7,11-12,16H,2-5,8-10H2,1H3. The molecular formula is C15H22N2OS. The van der Waals surface area contributed by atoms with Crippen LogP contribution in [-0.2, 0) is 6.42 Å². The molecule has 0 spiro atoms. The maximum absolute atomic E-state index is 5.34.